The fraction of sp³-hybridized carbons (Fsp3) is 0.143. The van der Waals surface area contributed by atoms with Gasteiger partial charge in [0.15, 0.2) is 0 Å². The Hall–Kier alpha value is -1.64. The molecule has 0 amide bonds. The molecule has 3 N–H and O–H groups in total. The van der Waals surface area contributed by atoms with Gasteiger partial charge in [-0.3, -0.25) is 5.73 Å². The molecule has 2 aromatic carbocycles. The second-order valence-electron chi connectivity index (χ2n) is 3.95. The van der Waals surface area contributed by atoms with Gasteiger partial charge in [0.2, 0.25) is 0 Å². The molecule has 2 nitrogen and oxygen atoms in total. The van der Waals surface area contributed by atoms with Crippen LogP contribution in [-0.2, 0) is 12.1 Å². The summed E-state index contributed by atoms with van der Waals surface area (Å²) in [5.41, 5.74) is 6.38. The van der Waals surface area contributed by atoms with Crippen molar-refractivity contribution in [3.63, 3.8) is 0 Å². The average Bonchev–Trinajstić information content (AvgIpc) is 2.31. The third kappa shape index (κ3) is 2.48. The van der Waals surface area contributed by atoms with Crippen LogP contribution in [0.3, 0.4) is 0 Å². The maximum atomic E-state index is 10.2. The van der Waals surface area contributed by atoms with Crippen LogP contribution < -0.4 is 5.73 Å². The highest BCUT2D eigenvalue weighted by Gasteiger charge is 2.23. The van der Waals surface area contributed by atoms with Gasteiger partial charge in [0.05, 0.1) is 0 Å². The van der Waals surface area contributed by atoms with Crippen molar-refractivity contribution in [1.29, 1.82) is 0 Å². The number of hydrogen-bond acceptors (Lipinski definition) is 2. The van der Waals surface area contributed by atoms with Crippen LogP contribution in [0.25, 0.3) is 0 Å². The largest absolute Gasteiger partial charge is 0.371 e. The summed E-state index contributed by atoms with van der Waals surface area (Å²) in [4.78, 5) is 0. The van der Waals surface area contributed by atoms with Gasteiger partial charge >= 0.3 is 0 Å². The molecule has 2 heteroatoms. The molecular weight excluding hydrogens is 198 g/mol. The van der Waals surface area contributed by atoms with Gasteiger partial charge in [-0.25, -0.2) is 0 Å². The number of hydrogen-bond donors (Lipinski definition) is 2. The maximum absolute atomic E-state index is 10.2. The van der Waals surface area contributed by atoms with Gasteiger partial charge in [-0.2, -0.15) is 0 Å². The van der Waals surface area contributed by atoms with Gasteiger partial charge in [-0.1, -0.05) is 60.7 Å². The van der Waals surface area contributed by atoms with Crippen LogP contribution in [0.2, 0.25) is 0 Å². The minimum Gasteiger partial charge on any atom is -0.371 e. The number of aliphatic hydroxyl groups is 1. The Labute approximate surface area is 95.4 Å². The summed E-state index contributed by atoms with van der Waals surface area (Å²) in [7, 11) is 0. The molecule has 0 radical (unpaired) electrons. The molecular formula is C14H15NO. The molecule has 0 aliphatic heterocycles. The molecule has 2 aromatic rings. The molecule has 0 unspecified atom stereocenters. The van der Waals surface area contributed by atoms with Crippen molar-refractivity contribution in [2.75, 3.05) is 0 Å². The van der Waals surface area contributed by atoms with E-state index in [9.17, 15) is 5.11 Å². The first-order valence-corrected chi connectivity index (χ1v) is 5.29. The Morgan fingerprint density at radius 1 is 0.875 bits per heavy atom. The molecule has 82 valence electrons. The smallest absolute Gasteiger partial charge is 0.143 e. The summed E-state index contributed by atoms with van der Waals surface area (Å²) in [6.45, 7) is 0. The molecule has 2 rings (SSSR count). The minimum absolute atomic E-state index is 0.415. The van der Waals surface area contributed by atoms with E-state index in [2.05, 4.69) is 0 Å². The first kappa shape index (κ1) is 10.9. The van der Waals surface area contributed by atoms with Crippen LogP contribution in [0, 0.1) is 0 Å². The SMILES string of the molecule is N[C@@](O)(Cc1ccccc1)c1ccccc1. The Bertz CT molecular complexity index is 437. The van der Waals surface area contributed by atoms with Crippen molar-refractivity contribution in [2.24, 2.45) is 5.73 Å². The molecule has 0 aromatic heterocycles. The van der Waals surface area contributed by atoms with Gasteiger partial charge in [0, 0.05) is 6.42 Å². The number of benzene rings is 2. The molecule has 0 aliphatic rings. The Kier molecular flexibility index (Phi) is 3.04. The zero-order valence-corrected chi connectivity index (χ0v) is 9.01. The van der Waals surface area contributed by atoms with E-state index >= 15 is 0 Å². The van der Waals surface area contributed by atoms with E-state index in [1.807, 2.05) is 60.7 Å². The lowest BCUT2D eigenvalue weighted by atomic mass is 9.96. The zero-order valence-electron chi connectivity index (χ0n) is 9.01. The molecule has 0 aliphatic carbocycles. The monoisotopic (exact) mass is 213 g/mol. The molecule has 1 atom stereocenters. The number of rotatable bonds is 3. The Balaban J connectivity index is 2.21. The second kappa shape index (κ2) is 4.47. The van der Waals surface area contributed by atoms with Crippen molar-refractivity contribution in [2.45, 2.75) is 12.1 Å². The van der Waals surface area contributed by atoms with E-state index < -0.39 is 5.72 Å². The van der Waals surface area contributed by atoms with Gasteiger partial charge in [-0.05, 0) is 11.1 Å². The van der Waals surface area contributed by atoms with E-state index in [0.29, 0.717) is 6.42 Å². The van der Waals surface area contributed by atoms with Crippen LogP contribution in [-0.4, -0.2) is 5.11 Å². The summed E-state index contributed by atoms with van der Waals surface area (Å²) < 4.78 is 0. The zero-order chi connectivity index (χ0) is 11.4. The standard InChI is InChI=1S/C14H15NO/c15-14(16,13-9-5-2-6-10-13)11-12-7-3-1-4-8-12/h1-10,16H,11,15H2/t14-/m1/s1. The van der Waals surface area contributed by atoms with Crippen LogP contribution in [0.1, 0.15) is 11.1 Å². The summed E-state index contributed by atoms with van der Waals surface area (Å²) in [5, 5.41) is 10.2. The van der Waals surface area contributed by atoms with Crippen molar-refractivity contribution in [3.05, 3.63) is 71.8 Å². The van der Waals surface area contributed by atoms with E-state index in [4.69, 9.17) is 5.73 Å². The predicted octanol–water partition coefficient (Wildman–Crippen LogP) is 2.03. The first-order chi connectivity index (χ1) is 7.68. The number of nitrogens with two attached hydrogens (primary N) is 1. The minimum atomic E-state index is -1.30. The van der Waals surface area contributed by atoms with Crippen LogP contribution in [0.15, 0.2) is 60.7 Å². The third-order valence-electron chi connectivity index (χ3n) is 2.59. The quantitative estimate of drug-likeness (QED) is 0.766. The molecule has 0 spiro atoms. The van der Waals surface area contributed by atoms with E-state index in [1.54, 1.807) is 0 Å². The summed E-state index contributed by atoms with van der Waals surface area (Å²) in [5.74, 6) is 0. The van der Waals surface area contributed by atoms with E-state index in [-0.39, 0.29) is 0 Å². The van der Waals surface area contributed by atoms with Crippen LogP contribution >= 0.6 is 0 Å². The van der Waals surface area contributed by atoms with Gasteiger partial charge in [0.25, 0.3) is 0 Å². The predicted molar refractivity (Wildman–Crippen MR) is 64.7 cm³/mol. The highest BCUT2D eigenvalue weighted by Crippen LogP contribution is 2.19. The molecule has 0 saturated carbocycles. The lowest BCUT2D eigenvalue weighted by molar-refractivity contribution is 0.0439. The van der Waals surface area contributed by atoms with E-state index in [1.165, 1.54) is 0 Å². The summed E-state index contributed by atoms with van der Waals surface area (Å²) >= 11 is 0. The maximum Gasteiger partial charge on any atom is 0.143 e. The third-order valence-corrected chi connectivity index (χ3v) is 2.59. The van der Waals surface area contributed by atoms with Gasteiger partial charge < -0.3 is 5.11 Å². The second-order valence-corrected chi connectivity index (χ2v) is 3.95. The molecule has 0 saturated heterocycles. The first-order valence-electron chi connectivity index (χ1n) is 5.29. The van der Waals surface area contributed by atoms with Gasteiger partial charge in [0.1, 0.15) is 5.72 Å². The van der Waals surface area contributed by atoms with E-state index in [0.717, 1.165) is 11.1 Å². The van der Waals surface area contributed by atoms with Crippen molar-refractivity contribution in [3.8, 4) is 0 Å². The summed E-state index contributed by atoms with van der Waals surface area (Å²) in [6, 6.07) is 19.1. The van der Waals surface area contributed by atoms with Crippen LogP contribution in [0.4, 0.5) is 0 Å². The fourth-order valence-electron chi connectivity index (χ4n) is 1.74. The van der Waals surface area contributed by atoms with Crippen molar-refractivity contribution < 1.29 is 5.11 Å². The lowest BCUT2D eigenvalue weighted by Crippen LogP contribution is -2.38. The lowest BCUT2D eigenvalue weighted by Gasteiger charge is -2.23. The Morgan fingerprint density at radius 2 is 1.38 bits per heavy atom. The van der Waals surface area contributed by atoms with Crippen molar-refractivity contribution in [1.82, 2.24) is 0 Å². The molecule has 0 fully saturated rings. The molecule has 0 bridgehead atoms. The van der Waals surface area contributed by atoms with Gasteiger partial charge in [-0.15, -0.1) is 0 Å². The highest BCUT2D eigenvalue weighted by molar-refractivity contribution is 5.25. The average molecular weight is 213 g/mol. The van der Waals surface area contributed by atoms with Crippen molar-refractivity contribution >= 4 is 0 Å². The van der Waals surface area contributed by atoms with Crippen LogP contribution in [0.5, 0.6) is 0 Å². The topological polar surface area (TPSA) is 46.2 Å². The normalized spacial score (nSPS) is 14.4. The Morgan fingerprint density at radius 3 is 1.94 bits per heavy atom. The summed E-state index contributed by atoms with van der Waals surface area (Å²) in [6.07, 6.45) is 0.415. The molecule has 0 heterocycles. The molecule has 16 heavy (non-hydrogen) atoms. The fourth-order valence-corrected chi connectivity index (χ4v) is 1.74. The highest BCUT2D eigenvalue weighted by atomic mass is 16.3.